The highest BCUT2D eigenvalue weighted by Crippen LogP contribution is 2.21. The van der Waals surface area contributed by atoms with Gasteiger partial charge in [-0.2, -0.15) is 0 Å². The first-order valence-electron chi connectivity index (χ1n) is 8.17. The van der Waals surface area contributed by atoms with Gasteiger partial charge in [0.25, 0.3) is 0 Å². The van der Waals surface area contributed by atoms with Crippen LogP contribution in [0.2, 0.25) is 0 Å². The molecule has 4 heteroatoms. The second-order valence-electron chi connectivity index (χ2n) is 6.62. The van der Waals surface area contributed by atoms with E-state index in [1.54, 1.807) is 0 Å². The normalized spacial score (nSPS) is 24.2. The number of amides is 1. The molecule has 0 aromatic heterocycles. The van der Waals surface area contributed by atoms with Crippen molar-refractivity contribution in [3.63, 3.8) is 0 Å². The third-order valence-electron chi connectivity index (χ3n) is 4.23. The molecule has 1 aliphatic heterocycles. The van der Waals surface area contributed by atoms with Crippen LogP contribution in [0.4, 0.5) is 0 Å². The van der Waals surface area contributed by atoms with E-state index >= 15 is 0 Å². The van der Waals surface area contributed by atoms with E-state index in [0.29, 0.717) is 19.1 Å². The molecule has 122 valence electrons. The fourth-order valence-corrected chi connectivity index (χ4v) is 2.89. The fraction of sp³-hybridized carbons (Fsp3) is 0.611. The van der Waals surface area contributed by atoms with Crippen LogP contribution < -0.4 is 5.32 Å². The van der Waals surface area contributed by atoms with Crippen LogP contribution in [0.1, 0.15) is 39.3 Å². The minimum Gasteiger partial charge on any atom is -0.376 e. The van der Waals surface area contributed by atoms with E-state index in [9.17, 15) is 4.79 Å². The molecule has 1 saturated heterocycles. The van der Waals surface area contributed by atoms with Gasteiger partial charge in [0.2, 0.25) is 5.91 Å². The van der Waals surface area contributed by atoms with Gasteiger partial charge in [0, 0.05) is 12.6 Å². The van der Waals surface area contributed by atoms with Crippen molar-refractivity contribution in [3.05, 3.63) is 35.9 Å². The molecule has 4 nitrogen and oxygen atoms in total. The highest BCUT2D eigenvalue weighted by molar-refractivity contribution is 5.78. The van der Waals surface area contributed by atoms with Crippen LogP contribution >= 0.6 is 0 Å². The summed E-state index contributed by atoms with van der Waals surface area (Å²) in [6.45, 7) is 10.4. The van der Waals surface area contributed by atoms with Crippen molar-refractivity contribution in [2.24, 2.45) is 5.92 Å². The van der Waals surface area contributed by atoms with Crippen molar-refractivity contribution in [1.82, 2.24) is 10.2 Å². The second kappa shape index (κ2) is 7.75. The lowest BCUT2D eigenvalue weighted by Gasteiger charge is -2.36. The van der Waals surface area contributed by atoms with Gasteiger partial charge >= 0.3 is 0 Å². The monoisotopic (exact) mass is 304 g/mol. The van der Waals surface area contributed by atoms with Crippen LogP contribution in [-0.2, 0) is 9.53 Å². The van der Waals surface area contributed by atoms with Crippen molar-refractivity contribution in [2.75, 3.05) is 19.7 Å². The Morgan fingerprint density at radius 3 is 2.64 bits per heavy atom. The average Bonchev–Trinajstić information content (AvgIpc) is 2.49. The highest BCUT2D eigenvalue weighted by Gasteiger charge is 2.26. The number of carbonyl (C=O) groups is 1. The Bertz CT molecular complexity index is 475. The van der Waals surface area contributed by atoms with Gasteiger partial charge in [-0.15, -0.1) is 0 Å². The standard InChI is InChI=1S/C18H28N2O2/c1-13(2)18(16-8-6-5-7-9-16)19-17(21)11-20-10-15(4)22-12-14(20)3/h5-9,13-15,18H,10-12H2,1-4H3,(H,19,21). The predicted molar refractivity (Wildman–Crippen MR) is 88.6 cm³/mol. The number of nitrogens with zero attached hydrogens (tertiary/aromatic N) is 1. The predicted octanol–water partition coefficient (Wildman–Crippen LogP) is 2.61. The lowest BCUT2D eigenvalue weighted by molar-refractivity contribution is -0.127. The topological polar surface area (TPSA) is 41.6 Å². The number of rotatable bonds is 5. The molecule has 0 radical (unpaired) electrons. The molecule has 0 bridgehead atoms. The molecule has 0 aliphatic carbocycles. The molecule has 1 N–H and O–H groups in total. The van der Waals surface area contributed by atoms with Crippen molar-refractivity contribution < 1.29 is 9.53 Å². The Labute approximate surface area is 133 Å². The third-order valence-corrected chi connectivity index (χ3v) is 4.23. The van der Waals surface area contributed by atoms with Crippen LogP contribution in [0.5, 0.6) is 0 Å². The summed E-state index contributed by atoms with van der Waals surface area (Å²) in [6, 6.07) is 10.5. The summed E-state index contributed by atoms with van der Waals surface area (Å²) in [5.74, 6) is 0.441. The maximum absolute atomic E-state index is 12.5. The molecule has 2 rings (SSSR count). The van der Waals surface area contributed by atoms with E-state index in [-0.39, 0.29) is 24.1 Å². The number of hydrogen-bond acceptors (Lipinski definition) is 3. The van der Waals surface area contributed by atoms with Crippen molar-refractivity contribution in [3.8, 4) is 0 Å². The fourth-order valence-electron chi connectivity index (χ4n) is 2.89. The molecule has 1 heterocycles. The Kier molecular flexibility index (Phi) is 5.98. The van der Waals surface area contributed by atoms with Gasteiger partial charge in [-0.1, -0.05) is 44.2 Å². The minimum atomic E-state index is 0.0578. The maximum Gasteiger partial charge on any atom is 0.234 e. The summed E-state index contributed by atoms with van der Waals surface area (Å²) in [4.78, 5) is 14.7. The molecular weight excluding hydrogens is 276 g/mol. The van der Waals surface area contributed by atoms with Gasteiger partial charge in [-0.25, -0.2) is 0 Å². The zero-order valence-corrected chi connectivity index (χ0v) is 14.1. The van der Waals surface area contributed by atoms with E-state index in [1.165, 1.54) is 0 Å². The van der Waals surface area contributed by atoms with Gasteiger partial charge < -0.3 is 10.1 Å². The van der Waals surface area contributed by atoms with Crippen LogP contribution in [-0.4, -0.2) is 42.6 Å². The van der Waals surface area contributed by atoms with Gasteiger partial charge in [0.15, 0.2) is 0 Å². The second-order valence-corrected chi connectivity index (χ2v) is 6.62. The van der Waals surface area contributed by atoms with Crippen molar-refractivity contribution >= 4 is 5.91 Å². The van der Waals surface area contributed by atoms with Crippen molar-refractivity contribution in [1.29, 1.82) is 0 Å². The summed E-state index contributed by atoms with van der Waals surface area (Å²) >= 11 is 0. The first-order valence-corrected chi connectivity index (χ1v) is 8.17. The zero-order chi connectivity index (χ0) is 16.1. The van der Waals surface area contributed by atoms with Crippen LogP contribution in [0, 0.1) is 5.92 Å². The maximum atomic E-state index is 12.5. The van der Waals surface area contributed by atoms with Crippen molar-refractivity contribution in [2.45, 2.75) is 45.9 Å². The van der Waals surface area contributed by atoms with E-state index in [4.69, 9.17) is 4.74 Å². The Balaban J connectivity index is 1.97. The van der Waals surface area contributed by atoms with Crippen LogP contribution in [0.3, 0.4) is 0 Å². The quantitative estimate of drug-likeness (QED) is 0.909. The first-order chi connectivity index (χ1) is 10.5. The van der Waals surface area contributed by atoms with Crippen LogP contribution in [0.15, 0.2) is 30.3 Å². The number of ether oxygens (including phenoxy) is 1. The molecule has 0 saturated carbocycles. The van der Waals surface area contributed by atoms with Gasteiger partial charge in [-0.3, -0.25) is 9.69 Å². The van der Waals surface area contributed by atoms with E-state index in [0.717, 1.165) is 12.1 Å². The summed E-state index contributed by atoms with van der Waals surface area (Å²) in [5, 5.41) is 3.19. The smallest absolute Gasteiger partial charge is 0.234 e. The molecule has 1 aromatic carbocycles. The Morgan fingerprint density at radius 1 is 1.32 bits per heavy atom. The van der Waals surface area contributed by atoms with E-state index in [1.807, 2.05) is 18.2 Å². The summed E-state index contributed by atoms with van der Waals surface area (Å²) in [7, 11) is 0. The molecule has 3 unspecified atom stereocenters. The number of nitrogens with one attached hydrogen (secondary N) is 1. The average molecular weight is 304 g/mol. The molecule has 3 atom stereocenters. The minimum absolute atomic E-state index is 0.0578. The first kappa shape index (κ1) is 17.0. The third kappa shape index (κ3) is 4.55. The lowest BCUT2D eigenvalue weighted by atomic mass is 9.96. The molecule has 1 fully saturated rings. The zero-order valence-electron chi connectivity index (χ0n) is 14.1. The Morgan fingerprint density at radius 2 is 2.00 bits per heavy atom. The molecular formula is C18H28N2O2. The number of carbonyl (C=O) groups excluding carboxylic acids is 1. The van der Waals surface area contributed by atoms with Crippen LogP contribution in [0.25, 0.3) is 0 Å². The summed E-state index contributed by atoms with van der Waals surface area (Å²) in [6.07, 6.45) is 0.194. The number of hydrogen-bond donors (Lipinski definition) is 1. The largest absolute Gasteiger partial charge is 0.376 e. The SMILES string of the molecule is CC1CN(CC(=O)NC(c2ccccc2)C(C)C)C(C)CO1. The van der Waals surface area contributed by atoms with Gasteiger partial charge in [-0.05, 0) is 25.3 Å². The molecule has 1 amide bonds. The molecule has 22 heavy (non-hydrogen) atoms. The molecule has 1 aromatic rings. The van der Waals surface area contributed by atoms with E-state index in [2.05, 4.69) is 50.0 Å². The van der Waals surface area contributed by atoms with Gasteiger partial charge in [0.1, 0.15) is 0 Å². The molecule has 0 spiro atoms. The molecule has 1 aliphatic rings. The van der Waals surface area contributed by atoms with Gasteiger partial charge in [0.05, 0.1) is 25.3 Å². The number of benzene rings is 1. The summed E-state index contributed by atoms with van der Waals surface area (Å²) in [5.41, 5.74) is 1.16. The Hall–Kier alpha value is -1.39. The highest BCUT2D eigenvalue weighted by atomic mass is 16.5. The lowest BCUT2D eigenvalue weighted by Crippen LogP contribution is -2.51. The summed E-state index contributed by atoms with van der Waals surface area (Å²) < 4.78 is 5.62. The number of morpholine rings is 1. The van der Waals surface area contributed by atoms with E-state index < -0.39 is 0 Å².